The van der Waals surface area contributed by atoms with Gasteiger partial charge in [-0.15, -0.1) is 0 Å². The van der Waals surface area contributed by atoms with Gasteiger partial charge in [0.15, 0.2) is 0 Å². The Balaban J connectivity index is 2.00. The van der Waals surface area contributed by atoms with Crippen LogP contribution in [0.1, 0.15) is 5.56 Å². The lowest BCUT2D eigenvalue weighted by Crippen LogP contribution is -1.98. The van der Waals surface area contributed by atoms with E-state index in [1.807, 2.05) is 48.8 Å². The van der Waals surface area contributed by atoms with Crippen molar-refractivity contribution in [3.05, 3.63) is 59.4 Å². The topological polar surface area (TPSA) is 27.1 Å². The fraction of sp³-hybridized carbons (Fsp3) is 0.133. The molecular formula is C15H13ClN2O. The number of benzene rings is 2. The quantitative estimate of drug-likeness (QED) is 0.726. The average molecular weight is 273 g/mol. The number of hydrogen-bond acceptors (Lipinski definition) is 2. The first-order valence-corrected chi connectivity index (χ1v) is 6.38. The highest BCUT2D eigenvalue weighted by Crippen LogP contribution is 2.22. The second-order valence-electron chi connectivity index (χ2n) is 4.32. The number of imidazole rings is 1. The van der Waals surface area contributed by atoms with Crippen LogP contribution in [0.2, 0.25) is 5.02 Å². The first-order valence-electron chi connectivity index (χ1n) is 6.00. The van der Waals surface area contributed by atoms with E-state index in [1.54, 1.807) is 7.11 Å². The summed E-state index contributed by atoms with van der Waals surface area (Å²) < 4.78 is 7.28. The van der Waals surface area contributed by atoms with Gasteiger partial charge in [0.25, 0.3) is 0 Å². The second-order valence-corrected chi connectivity index (χ2v) is 4.73. The van der Waals surface area contributed by atoms with Crippen molar-refractivity contribution in [3.8, 4) is 5.75 Å². The van der Waals surface area contributed by atoms with E-state index >= 15 is 0 Å². The number of fused-ring (bicyclic) bond motifs is 1. The molecule has 0 aliphatic rings. The summed E-state index contributed by atoms with van der Waals surface area (Å²) in [5.41, 5.74) is 3.08. The SMILES string of the molecule is COc1ccc2c(c1)ncn2Cc1ccccc1Cl. The molecule has 3 rings (SSSR count). The van der Waals surface area contributed by atoms with E-state index in [9.17, 15) is 0 Å². The number of hydrogen-bond donors (Lipinski definition) is 0. The molecule has 0 unspecified atom stereocenters. The molecule has 0 aliphatic heterocycles. The summed E-state index contributed by atoms with van der Waals surface area (Å²) >= 11 is 6.19. The van der Waals surface area contributed by atoms with Gasteiger partial charge in [-0.2, -0.15) is 0 Å². The van der Waals surface area contributed by atoms with Crippen molar-refractivity contribution in [1.29, 1.82) is 0 Å². The van der Waals surface area contributed by atoms with Crippen molar-refractivity contribution in [2.24, 2.45) is 0 Å². The maximum absolute atomic E-state index is 6.19. The summed E-state index contributed by atoms with van der Waals surface area (Å²) in [6, 6.07) is 13.7. The van der Waals surface area contributed by atoms with Gasteiger partial charge < -0.3 is 9.30 Å². The third-order valence-electron chi connectivity index (χ3n) is 3.13. The molecule has 96 valence electrons. The van der Waals surface area contributed by atoms with Crippen LogP contribution in [-0.2, 0) is 6.54 Å². The zero-order valence-corrected chi connectivity index (χ0v) is 11.3. The summed E-state index contributed by atoms with van der Waals surface area (Å²) in [5, 5.41) is 0.776. The molecule has 2 aromatic carbocycles. The number of methoxy groups -OCH3 is 1. The van der Waals surface area contributed by atoms with Crippen LogP contribution in [0.4, 0.5) is 0 Å². The number of halogens is 1. The number of aromatic nitrogens is 2. The predicted octanol–water partition coefficient (Wildman–Crippen LogP) is 3.75. The molecule has 1 heterocycles. The maximum Gasteiger partial charge on any atom is 0.121 e. The largest absolute Gasteiger partial charge is 0.497 e. The Labute approximate surface area is 116 Å². The van der Waals surface area contributed by atoms with E-state index in [0.29, 0.717) is 6.54 Å². The molecule has 0 fully saturated rings. The van der Waals surface area contributed by atoms with Gasteiger partial charge >= 0.3 is 0 Å². The summed E-state index contributed by atoms with van der Waals surface area (Å²) in [5.74, 6) is 0.815. The fourth-order valence-corrected chi connectivity index (χ4v) is 2.30. The molecule has 0 spiro atoms. The smallest absolute Gasteiger partial charge is 0.121 e. The Morgan fingerprint density at radius 2 is 2.05 bits per heavy atom. The van der Waals surface area contributed by atoms with Gasteiger partial charge in [0.2, 0.25) is 0 Å². The van der Waals surface area contributed by atoms with Crippen molar-refractivity contribution < 1.29 is 4.74 Å². The van der Waals surface area contributed by atoms with Gasteiger partial charge in [-0.05, 0) is 23.8 Å². The third kappa shape index (κ3) is 2.29. The van der Waals surface area contributed by atoms with Gasteiger partial charge in [0, 0.05) is 11.1 Å². The van der Waals surface area contributed by atoms with Gasteiger partial charge in [-0.1, -0.05) is 29.8 Å². The average Bonchev–Trinajstić information content (AvgIpc) is 2.83. The minimum absolute atomic E-state index is 0.711. The van der Waals surface area contributed by atoms with Crippen molar-refractivity contribution in [3.63, 3.8) is 0 Å². The van der Waals surface area contributed by atoms with E-state index in [0.717, 1.165) is 27.4 Å². The first-order chi connectivity index (χ1) is 9.28. The van der Waals surface area contributed by atoms with Crippen LogP contribution in [0.25, 0.3) is 11.0 Å². The highest BCUT2D eigenvalue weighted by Gasteiger charge is 2.06. The summed E-state index contributed by atoms with van der Waals surface area (Å²) in [6.07, 6.45) is 1.83. The Kier molecular flexibility index (Phi) is 3.13. The molecule has 0 atom stereocenters. The first kappa shape index (κ1) is 12.1. The molecule has 0 saturated carbocycles. The van der Waals surface area contributed by atoms with Crippen LogP contribution >= 0.6 is 11.6 Å². The zero-order valence-electron chi connectivity index (χ0n) is 10.5. The summed E-state index contributed by atoms with van der Waals surface area (Å²) in [7, 11) is 1.65. The normalized spacial score (nSPS) is 10.8. The number of nitrogens with zero attached hydrogens (tertiary/aromatic N) is 2. The molecule has 0 bridgehead atoms. The number of rotatable bonds is 3. The minimum atomic E-state index is 0.711. The minimum Gasteiger partial charge on any atom is -0.497 e. The molecule has 0 amide bonds. The molecule has 4 heteroatoms. The Hall–Kier alpha value is -2.00. The molecule has 19 heavy (non-hydrogen) atoms. The molecule has 1 aromatic heterocycles. The molecule has 3 nitrogen and oxygen atoms in total. The lowest BCUT2D eigenvalue weighted by Gasteiger charge is -2.06. The second kappa shape index (κ2) is 4.94. The molecule has 0 radical (unpaired) electrons. The Morgan fingerprint density at radius 1 is 1.21 bits per heavy atom. The highest BCUT2D eigenvalue weighted by atomic mass is 35.5. The molecule has 0 N–H and O–H groups in total. The Morgan fingerprint density at radius 3 is 2.84 bits per heavy atom. The predicted molar refractivity (Wildman–Crippen MR) is 76.8 cm³/mol. The lowest BCUT2D eigenvalue weighted by molar-refractivity contribution is 0.415. The van der Waals surface area contributed by atoms with Crippen LogP contribution in [0.3, 0.4) is 0 Å². The number of ether oxygens (including phenoxy) is 1. The van der Waals surface area contributed by atoms with Crippen LogP contribution in [-0.4, -0.2) is 16.7 Å². The van der Waals surface area contributed by atoms with Crippen LogP contribution in [0.5, 0.6) is 5.75 Å². The van der Waals surface area contributed by atoms with E-state index in [2.05, 4.69) is 9.55 Å². The summed E-state index contributed by atoms with van der Waals surface area (Å²) in [4.78, 5) is 4.39. The highest BCUT2D eigenvalue weighted by molar-refractivity contribution is 6.31. The van der Waals surface area contributed by atoms with E-state index in [-0.39, 0.29) is 0 Å². The fourth-order valence-electron chi connectivity index (χ4n) is 2.11. The van der Waals surface area contributed by atoms with Crippen LogP contribution in [0, 0.1) is 0 Å². The summed E-state index contributed by atoms with van der Waals surface area (Å²) in [6.45, 7) is 0.711. The van der Waals surface area contributed by atoms with Gasteiger partial charge in [0.05, 0.1) is 31.0 Å². The van der Waals surface area contributed by atoms with Gasteiger partial charge in [0.1, 0.15) is 5.75 Å². The molecular weight excluding hydrogens is 260 g/mol. The van der Waals surface area contributed by atoms with Crippen LogP contribution in [0.15, 0.2) is 48.8 Å². The third-order valence-corrected chi connectivity index (χ3v) is 3.50. The van der Waals surface area contributed by atoms with E-state index in [1.165, 1.54) is 0 Å². The monoisotopic (exact) mass is 272 g/mol. The van der Waals surface area contributed by atoms with Crippen molar-refractivity contribution in [2.45, 2.75) is 6.54 Å². The molecule has 3 aromatic rings. The Bertz CT molecular complexity index is 721. The van der Waals surface area contributed by atoms with E-state index in [4.69, 9.17) is 16.3 Å². The van der Waals surface area contributed by atoms with Crippen molar-refractivity contribution in [2.75, 3.05) is 7.11 Å². The van der Waals surface area contributed by atoms with Gasteiger partial charge in [-0.3, -0.25) is 0 Å². The molecule has 0 aliphatic carbocycles. The lowest BCUT2D eigenvalue weighted by atomic mass is 10.2. The van der Waals surface area contributed by atoms with Crippen LogP contribution < -0.4 is 4.74 Å². The maximum atomic E-state index is 6.19. The standard InChI is InChI=1S/C15H13ClN2O/c1-19-12-6-7-15-14(8-12)17-10-18(15)9-11-4-2-3-5-13(11)16/h2-8,10H,9H2,1H3. The van der Waals surface area contributed by atoms with Gasteiger partial charge in [-0.25, -0.2) is 4.98 Å². The molecule has 0 saturated heterocycles. The van der Waals surface area contributed by atoms with Crippen molar-refractivity contribution in [1.82, 2.24) is 9.55 Å². The van der Waals surface area contributed by atoms with Crippen molar-refractivity contribution >= 4 is 22.6 Å². The van der Waals surface area contributed by atoms with E-state index < -0.39 is 0 Å². The zero-order chi connectivity index (χ0) is 13.2.